The molecule has 0 unspecified atom stereocenters. The standard InChI is InChI=1S/C19H24N4O2/c1-14-2-3-15(12-18(14)24)17-5-4-16-13-19(21-23(16)17)20-6-7-22-8-10-25-11-9-22/h2-5,12,24H,6-11,13H2,1H3,(H,20,21). The highest BCUT2D eigenvalue weighted by molar-refractivity contribution is 5.94. The van der Waals surface area contributed by atoms with Crippen LogP contribution in [-0.2, 0) is 11.2 Å². The number of aromatic hydroxyl groups is 1. The van der Waals surface area contributed by atoms with Gasteiger partial charge in [-0.25, -0.2) is 0 Å². The van der Waals surface area contributed by atoms with Crippen LogP contribution >= 0.6 is 0 Å². The zero-order valence-electron chi connectivity index (χ0n) is 14.5. The third kappa shape index (κ3) is 3.41. The minimum Gasteiger partial charge on any atom is -0.508 e. The summed E-state index contributed by atoms with van der Waals surface area (Å²) in [4.78, 5) is 7.12. The molecular weight excluding hydrogens is 316 g/mol. The Morgan fingerprint density at radius 1 is 1.20 bits per heavy atom. The van der Waals surface area contributed by atoms with Crippen LogP contribution in [0.4, 0.5) is 0 Å². The third-order valence-electron chi connectivity index (χ3n) is 4.88. The number of nitrogens with one attached hydrogen (secondary N) is 1. The third-order valence-corrected chi connectivity index (χ3v) is 4.88. The van der Waals surface area contributed by atoms with E-state index in [0.29, 0.717) is 5.75 Å². The molecular formula is C19H24N4O2. The van der Waals surface area contributed by atoms with E-state index in [1.807, 2.05) is 25.1 Å². The zero-order chi connectivity index (χ0) is 17.2. The molecule has 1 aromatic heterocycles. The number of aryl methyl sites for hydroxylation is 1. The van der Waals surface area contributed by atoms with Crippen LogP contribution in [0.5, 0.6) is 5.75 Å². The molecule has 0 aliphatic carbocycles. The number of hydrogen-bond donors (Lipinski definition) is 2. The van der Waals surface area contributed by atoms with Crippen LogP contribution in [0, 0.1) is 6.92 Å². The van der Waals surface area contributed by atoms with Crippen molar-refractivity contribution in [3.05, 3.63) is 41.6 Å². The van der Waals surface area contributed by atoms with Crippen LogP contribution < -0.4 is 5.43 Å². The van der Waals surface area contributed by atoms with E-state index in [2.05, 4.69) is 27.1 Å². The Morgan fingerprint density at radius 3 is 2.84 bits per heavy atom. The van der Waals surface area contributed by atoms with Crippen LogP contribution in [0.1, 0.15) is 11.3 Å². The predicted molar refractivity (Wildman–Crippen MR) is 98.9 cm³/mol. The van der Waals surface area contributed by atoms with Crippen molar-refractivity contribution in [2.75, 3.05) is 44.8 Å². The van der Waals surface area contributed by atoms with E-state index in [-0.39, 0.29) is 0 Å². The average molecular weight is 340 g/mol. The summed E-state index contributed by atoms with van der Waals surface area (Å²) in [5.41, 5.74) is 7.52. The summed E-state index contributed by atoms with van der Waals surface area (Å²) >= 11 is 0. The van der Waals surface area contributed by atoms with Crippen LogP contribution in [-0.4, -0.2) is 59.9 Å². The summed E-state index contributed by atoms with van der Waals surface area (Å²) in [5.74, 6) is 1.33. The lowest BCUT2D eigenvalue weighted by molar-refractivity contribution is 0.0394. The molecule has 6 nitrogen and oxygen atoms in total. The van der Waals surface area contributed by atoms with E-state index in [9.17, 15) is 5.11 Å². The van der Waals surface area contributed by atoms with Gasteiger partial charge in [-0.05, 0) is 30.7 Å². The van der Waals surface area contributed by atoms with Gasteiger partial charge in [-0.15, -0.1) is 0 Å². The number of benzene rings is 1. The minimum absolute atomic E-state index is 0.324. The minimum atomic E-state index is 0.324. The molecule has 1 aromatic carbocycles. The molecule has 2 aromatic rings. The molecule has 1 fully saturated rings. The Labute approximate surface area is 147 Å². The molecule has 6 heteroatoms. The Hall–Kier alpha value is -2.31. The summed E-state index contributed by atoms with van der Waals surface area (Å²) in [6.07, 6.45) is 0.820. The fourth-order valence-electron chi connectivity index (χ4n) is 3.33. The number of rotatable bonds is 4. The quantitative estimate of drug-likeness (QED) is 0.894. The number of amidine groups is 1. The number of aromatic nitrogens is 1. The Kier molecular flexibility index (Phi) is 4.46. The topological polar surface area (TPSA) is 62.0 Å². The van der Waals surface area contributed by atoms with Gasteiger partial charge in [0.15, 0.2) is 0 Å². The smallest absolute Gasteiger partial charge is 0.121 e. The number of fused-ring (bicyclic) bond motifs is 1. The molecule has 1 saturated heterocycles. The molecule has 2 aliphatic rings. The summed E-state index contributed by atoms with van der Waals surface area (Å²) in [5, 5.41) is 9.97. The number of ether oxygens (including phenoxy) is 1. The molecule has 0 spiro atoms. The fourth-order valence-corrected chi connectivity index (χ4v) is 3.33. The highest BCUT2D eigenvalue weighted by Crippen LogP contribution is 2.28. The van der Waals surface area contributed by atoms with E-state index >= 15 is 0 Å². The Balaban J connectivity index is 1.43. The predicted octanol–water partition coefficient (Wildman–Crippen LogP) is 2.00. The zero-order valence-corrected chi connectivity index (χ0v) is 14.5. The lowest BCUT2D eigenvalue weighted by atomic mass is 10.1. The molecule has 132 valence electrons. The highest BCUT2D eigenvalue weighted by atomic mass is 16.5. The second-order valence-electron chi connectivity index (χ2n) is 6.62. The van der Waals surface area contributed by atoms with Gasteiger partial charge < -0.3 is 9.84 Å². The molecule has 0 bridgehead atoms. The second kappa shape index (κ2) is 6.90. The van der Waals surface area contributed by atoms with Crippen molar-refractivity contribution < 1.29 is 9.84 Å². The highest BCUT2D eigenvalue weighted by Gasteiger charge is 2.20. The first kappa shape index (κ1) is 16.2. The monoisotopic (exact) mass is 340 g/mol. The molecule has 2 N–H and O–H groups in total. The Bertz CT molecular complexity index is 791. The molecule has 0 amide bonds. The second-order valence-corrected chi connectivity index (χ2v) is 6.62. The van der Waals surface area contributed by atoms with Gasteiger partial charge >= 0.3 is 0 Å². The van der Waals surface area contributed by atoms with Crippen molar-refractivity contribution in [2.24, 2.45) is 4.99 Å². The van der Waals surface area contributed by atoms with E-state index in [1.54, 1.807) is 0 Å². The van der Waals surface area contributed by atoms with Gasteiger partial charge in [0, 0.05) is 37.3 Å². The summed E-state index contributed by atoms with van der Waals surface area (Å²) in [6, 6.07) is 9.98. The summed E-state index contributed by atoms with van der Waals surface area (Å²) in [7, 11) is 0. The maximum Gasteiger partial charge on any atom is 0.121 e. The van der Waals surface area contributed by atoms with Crippen LogP contribution in [0.25, 0.3) is 11.3 Å². The molecule has 3 heterocycles. The SMILES string of the molecule is Cc1ccc(-c2ccc3n2NC(=NCCN2CCOCC2)C3)cc1O. The van der Waals surface area contributed by atoms with Gasteiger partial charge in [0.05, 0.1) is 25.5 Å². The number of phenolic OH excluding ortho intramolecular Hbond substituents is 1. The Morgan fingerprint density at radius 2 is 2.04 bits per heavy atom. The molecule has 25 heavy (non-hydrogen) atoms. The van der Waals surface area contributed by atoms with Crippen molar-refractivity contribution in [1.29, 1.82) is 0 Å². The van der Waals surface area contributed by atoms with E-state index in [1.165, 1.54) is 5.69 Å². The van der Waals surface area contributed by atoms with Crippen molar-refractivity contribution in [3.8, 4) is 17.0 Å². The van der Waals surface area contributed by atoms with Crippen molar-refractivity contribution in [1.82, 2.24) is 9.58 Å². The molecule has 4 rings (SSSR count). The summed E-state index contributed by atoms with van der Waals surface area (Å²) < 4.78 is 7.44. The van der Waals surface area contributed by atoms with Gasteiger partial charge in [-0.1, -0.05) is 12.1 Å². The number of hydrogen-bond acceptors (Lipinski definition) is 4. The lowest BCUT2D eigenvalue weighted by Gasteiger charge is -2.25. The van der Waals surface area contributed by atoms with Gasteiger partial charge in [0.1, 0.15) is 11.6 Å². The van der Waals surface area contributed by atoms with Crippen LogP contribution in [0.15, 0.2) is 35.3 Å². The largest absolute Gasteiger partial charge is 0.508 e. The van der Waals surface area contributed by atoms with Gasteiger partial charge in [0.25, 0.3) is 0 Å². The van der Waals surface area contributed by atoms with Gasteiger partial charge in [0.2, 0.25) is 0 Å². The first-order valence-corrected chi connectivity index (χ1v) is 8.82. The van der Waals surface area contributed by atoms with Crippen LogP contribution in [0.3, 0.4) is 0 Å². The molecule has 0 radical (unpaired) electrons. The van der Waals surface area contributed by atoms with E-state index < -0.39 is 0 Å². The maximum atomic E-state index is 9.97. The molecule has 2 aliphatic heterocycles. The average Bonchev–Trinajstić information content (AvgIpc) is 3.19. The number of nitrogens with zero attached hydrogens (tertiary/aromatic N) is 3. The van der Waals surface area contributed by atoms with E-state index in [4.69, 9.17) is 9.73 Å². The lowest BCUT2D eigenvalue weighted by Crippen LogP contribution is -2.37. The normalized spacial score (nSPS) is 19.2. The number of morpholine rings is 1. The van der Waals surface area contributed by atoms with Crippen molar-refractivity contribution in [3.63, 3.8) is 0 Å². The summed E-state index contributed by atoms with van der Waals surface area (Å²) in [6.45, 7) is 7.33. The fraction of sp³-hybridized carbons (Fsp3) is 0.421. The van der Waals surface area contributed by atoms with E-state index in [0.717, 1.165) is 68.5 Å². The van der Waals surface area contributed by atoms with Gasteiger partial charge in [-0.3, -0.25) is 20.0 Å². The van der Waals surface area contributed by atoms with Crippen LogP contribution in [0.2, 0.25) is 0 Å². The molecule has 0 atom stereocenters. The first-order valence-electron chi connectivity index (χ1n) is 8.82. The van der Waals surface area contributed by atoms with Crippen molar-refractivity contribution in [2.45, 2.75) is 13.3 Å². The number of phenols is 1. The number of aliphatic imine (C=N–C) groups is 1. The molecule has 0 saturated carbocycles. The van der Waals surface area contributed by atoms with Gasteiger partial charge in [-0.2, -0.15) is 0 Å². The maximum absolute atomic E-state index is 9.97. The first-order chi connectivity index (χ1) is 12.2. The van der Waals surface area contributed by atoms with Crippen molar-refractivity contribution >= 4 is 5.84 Å².